The number of rotatable bonds is 10. The number of aryl methyl sites for hydroxylation is 2. The van der Waals surface area contributed by atoms with Crippen molar-refractivity contribution in [2.45, 2.75) is 30.9 Å². The summed E-state index contributed by atoms with van der Waals surface area (Å²) in [4.78, 5) is 11.3. The van der Waals surface area contributed by atoms with Gasteiger partial charge in [-0.1, -0.05) is 54.2 Å². The van der Waals surface area contributed by atoms with Crippen molar-refractivity contribution in [1.82, 2.24) is 14.8 Å². The van der Waals surface area contributed by atoms with E-state index in [9.17, 15) is 10.1 Å². The molecule has 0 spiro atoms. The van der Waals surface area contributed by atoms with Crippen LogP contribution in [-0.2, 0) is 6.61 Å². The number of halogens is 1. The van der Waals surface area contributed by atoms with Crippen LogP contribution in [0.2, 0.25) is 0 Å². The van der Waals surface area contributed by atoms with E-state index < -0.39 is 5.25 Å². The summed E-state index contributed by atoms with van der Waals surface area (Å²) in [5.74, 6) is 1.72. The summed E-state index contributed by atoms with van der Waals surface area (Å²) >= 11 is 4.87. The summed E-state index contributed by atoms with van der Waals surface area (Å²) in [6.07, 6.45) is 0. The predicted molar refractivity (Wildman–Crippen MR) is 143 cm³/mol. The van der Waals surface area contributed by atoms with Crippen molar-refractivity contribution in [2.24, 2.45) is 0 Å². The Balaban J connectivity index is 1.66. The van der Waals surface area contributed by atoms with Crippen molar-refractivity contribution < 1.29 is 14.4 Å². The fourth-order valence-corrected chi connectivity index (χ4v) is 5.48. The van der Waals surface area contributed by atoms with Crippen LogP contribution < -0.4 is 9.47 Å². The maximum absolute atomic E-state index is 11.6. The Morgan fingerprint density at radius 2 is 1.86 bits per heavy atom. The number of hydrogen-bond donors (Lipinski definition) is 0. The van der Waals surface area contributed by atoms with Gasteiger partial charge in [0.2, 0.25) is 6.54 Å². The third-order valence-electron chi connectivity index (χ3n) is 5.47. The highest BCUT2D eigenvalue weighted by atomic mass is 79.9. The largest absolute Gasteiger partial charge is 0.493 e. The van der Waals surface area contributed by atoms with E-state index in [-0.39, 0.29) is 11.5 Å². The van der Waals surface area contributed by atoms with Crippen LogP contribution in [0.3, 0.4) is 0 Å². The molecular formula is C26H25BrN4O4S. The highest BCUT2D eigenvalue weighted by Gasteiger charge is 2.26. The maximum Gasteiger partial charge on any atom is 0.220 e. The minimum absolute atomic E-state index is 0.301. The van der Waals surface area contributed by atoms with E-state index in [4.69, 9.17) is 9.47 Å². The van der Waals surface area contributed by atoms with Crippen molar-refractivity contribution in [3.05, 3.63) is 104 Å². The second kappa shape index (κ2) is 11.6. The first-order chi connectivity index (χ1) is 17.4. The van der Waals surface area contributed by atoms with Crippen LogP contribution in [0.5, 0.6) is 11.5 Å². The van der Waals surface area contributed by atoms with E-state index in [1.165, 1.54) is 11.8 Å². The topological polar surface area (TPSA) is 92.3 Å². The van der Waals surface area contributed by atoms with Crippen molar-refractivity contribution >= 4 is 27.7 Å². The van der Waals surface area contributed by atoms with Gasteiger partial charge in [0.1, 0.15) is 17.7 Å². The summed E-state index contributed by atoms with van der Waals surface area (Å²) in [5, 5.41) is 20.2. The molecule has 0 unspecified atom stereocenters. The molecule has 8 nitrogen and oxygen atoms in total. The second-order valence-electron chi connectivity index (χ2n) is 8.13. The van der Waals surface area contributed by atoms with Crippen molar-refractivity contribution in [2.75, 3.05) is 13.7 Å². The van der Waals surface area contributed by atoms with Crippen LogP contribution >= 0.6 is 27.7 Å². The van der Waals surface area contributed by atoms with E-state index in [2.05, 4.69) is 26.1 Å². The Morgan fingerprint density at radius 3 is 2.56 bits per heavy atom. The quantitative estimate of drug-likeness (QED) is 0.125. The lowest BCUT2D eigenvalue weighted by Gasteiger charge is -2.18. The number of aromatic nitrogens is 3. The predicted octanol–water partition coefficient (Wildman–Crippen LogP) is 6.34. The van der Waals surface area contributed by atoms with Gasteiger partial charge in [-0.2, -0.15) is 0 Å². The van der Waals surface area contributed by atoms with Gasteiger partial charge in [0.05, 0.1) is 11.6 Å². The average Bonchev–Trinajstić information content (AvgIpc) is 3.22. The number of thioether (sulfide) groups is 1. The van der Waals surface area contributed by atoms with Crippen molar-refractivity contribution in [3.8, 4) is 17.2 Å². The van der Waals surface area contributed by atoms with Gasteiger partial charge in [0.15, 0.2) is 16.7 Å². The second-order valence-corrected chi connectivity index (χ2v) is 10.2. The van der Waals surface area contributed by atoms with Crippen LogP contribution in [0.1, 0.15) is 27.8 Å². The molecule has 0 fully saturated rings. The molecule has 0 N–H and O–H groups in total. The van der Waals surface area contributed by atoms with Gasteiger partial charge in [-0.15, -0.1) is 10.2 Å². The normalized spacial score (nSPS) is 11.8. The number of benzene rings is 3. The van der Waals surface area contributed by atoms with Crippen LogP contribution in [0.4, 0.5) is 0 Å². The molecule has 1 heterocycles. The van der Waals surface area contributed by atoms with Gasteiger partial charge in [-0.25, -0.2) is 0 Å². The highest BCUT2D eigenvalue weighted by Crippen LogP contribution is 2.43. The Labute approximate surface area is 221 Å². The summed E-state index contributed by atoms with van der Waals surface area (Å²) in [7, 11) is 1.55. The summed E-state index contributed by atoms with van der Waals surface area (Å²) < 4.78 is 14.2. The number of nitro groups is 1. The Morgan fingerprint density at radius 1 is 1.08 bits per heavy atom. The van der Waals surface area contributed by atoms with Gasteiger partial charge >= 0.3 is 0 Å². The lowest BCUT2D eigenvalue weighted by molar-refractivity contribution is -0.479. The van der Waals surface area contributed by atoms with Crippen LogP contribution in [0.15, 0.2) is 76.4 Å². The fourth-order valence-electron chi connectivity index (χ4n) is 3.75. The lowest BCUT2D eigenvalue weighted by Crippen LogP contribution is -2.12. The summed E-state index contributed by atoms with van der Waals surface area (Å²) in [5.41, 5.74) is 3.73. The standard InChI is InChI=1S/C26H25BrN4O4S/c1-17-8-7-11-21(12-17)31-18(2)28-29-26(31)36-24(15-30(32)33)20-13-22(27)25(23(14-20)34-3)35-16-19-9-5-4-6-10-19/h4-14,24H,15-16H2,1-3H3/t24-/m0/s1. The first-order valence-electron chi connectivity index (χ1n) is 11.2. The minimum atomic E-state index is -0.541. The zero-order valence-corrected chi connectivity index (χ0v) is 22.5. The minimum Gasteiger partial charge on any atom is -0.493 e. The molecule has 0 aliphatic rings. The maximum atomic E-state index is 11.6. The zero-order valence-electron chi connectivity index (χ0n) is 20.1. The number of methoxy groups -OCH3 is 1. The molecule has 1 aromatic heterocycles. The molecule has 0 radical (unpaired) electrons. The van der Waals surface area contributed by atoms with Crippen LogP contribution in [0.25, 0.3) is 5.69 Å². The molecule has 0 bridgehead atoms. The molecule has 36 heavy (non-hydrogen) atoms. The van der Waals surface area contributed by atoms with Gasteiger partial charge in [0.25, 0.3) is 0 Å². The van der Waals surface area contributed by atoms with Gasteiger partial charge in [-0.05, 0) is 70.7 Å². The van der Waals surface area contributed by atoms with E-state index >= 15 is 0 Å². The zero-order chi connectivity index (χ0) is 25.7. The molecule has 0 saturated carbocycles. The molecular weight excluding hydrogens is 544 g/mol. The molecule has 3 aromatic carbocycles. The number of ether oxygens (including phenoxy) is 2. The summed E-state index contributed by atoms with van der Waals surface area (Å²) in [6, 6.07) is 21.4. The molecule has 4 rings (SSSR count). The molecule has 186 valence electrons. The molecule has 1 atom stereocenters. The first kappa shape index (κ1) is 25.7. The van der Waals surface area contributed by atoms with E-state index in [1.54, 1.807) is 13.2 Å². The monoisotopic (exact) mass is 568 g/mol. The third kappa shape index (κ3) is 6.06. The van der Waals surface area contributed by atoms with Crippen molar-refractivity contribution in [3.63, 3.8) is 0 Å². The van der Waals surface area contributed by atoms with E-state index in [0.717, 1.165) is 16.8 Å². The molecule has 0 aliphatic heterocycles. The first-order valence-corrected chi connectivity index (χ1v) is 12.8. The number of hydrogen-bond acceptors (Lipinski definition) is 7. The van der Waals surface area contributed by atoms with Gasteiger partial charge in [0, 0.05) is 10.6 Å². The van der Waals surface area contributed by atoms with Gasteiger partial charge < -0.3 is 9.47 Å². The molecule has 10 heteroatoms. The average molecular weight is 569 g/mol. The molecule has 0 amide bonds. The fraction of sp³-hybridized carbons (Fsp3) is 0.231. The molecule has 0 aliphatic carbocycles. The highest BCUT2D eigenvalue weighted by molar-refractivity contribution is 9.10. The van der Waals surface area contributed by atoms with E-state index in [1.807, 2.05) is 79.1 Å². The smallest absolute Gasteiger partial charge is 0.220 e. The molecule has 4 aromatic rings. The SMILES string of the molecule is COc1cc([C@H](C[N+](=O)[O-])Sc2nnc(C)n2-c2cccc(C)c2)cc(Br)c1OCc1ccccc1. The Kier molecular flexibility index (Phi) is 8.27. The molecule has 0 saturated heterocycles. The van der Waals surface area contributed by atoms with Crippen LogP contribution in [-0.4, -0.2) is 33.3 Å². The summed E-state index contributed by atoms with van der Waals surface area (Å²) in [6.45, 7) is 3.93. The van der Waals surface area contributed by atoms with E-state index in [0.29, 0.717) is 39.1 Å². The van der Waals surface area contributed by atoms with Crippen molar-refractivity contribution in [1.29, 1.82) is 0 Å². The van der Waals surface area contributed by atoms with Crippen LogP contribution in [0, 0.1) is 24.0 Å². The third-order valence-corrected chi connectivity index (χ3v) is 7.24. The Bertz CT molecular complexity index is 1360. The Hall–Kier alpha value is -3.37. The number of nitrogens with zero attached hydrogens (tertiary/aromatic N) is 4. The lowest BCUT2D eigenvalue weighted by atomic mass is 10.1. The van der Waals surface area contributed by atoms with Gasteiger partial charge in [-0.3, -0.25) is 14.7 Å².